The van der Waals surface area contributed by atoms with Crippen LogP contribution in [0.4, 0.5) is 0 Å². The molecule has 2 rings (SSSR count). The van der Waals surface area contributed by atoms with E-state index < -0.39 is 0 Å². The first-order valence-corrected chi connectivity index (χ1v) is 8.04. The van der Waals surface area contributed by atoms with Crippen molar-refractivity contribution in [2.75, 3.05) is 26.2 Å². The summed E-state index contributed by atoms with van der Waals surface area (Å²) in [5.74, 6) is -0.0270. The largest absolute Gasteiger partial charge is 0.466 e. The highest BCUT2D eigenvalue weighted by Crippen LogP contribution is 2.44. The summed E-state index contributed by atoms with van der Waals surface area (Å²) in [6.45, 7) is 7.57. The lowest BCUT2D eigenvalue weighted by Crippen LogP contribution is -2.43. The van der Waals surface area contributed by atoms with Crippen molar-refractivity contribution in [3.63, 3.8) is 0 Å². The molecule has 1 unspecified atom stereocenters. The van der Waals surface area contributed by atoms with Crippen LogP contribution in [0.25, 0.3) is 0 Å². The molecule has 1 aliphatic carbocycles. The van der Waals surface area contributed by atoms with Gasteiger partial charge in [0.15, 0.2) is 0 Å². The van der Waals surface area contributed by atoms with E-state index in [4.69, 9.17) is 4.74 Å². The highest BCUT2D eigenvalue weighted by Gasteiger charge is 2.35. The van der Waals surface area contributed by atoms with Gasteiger partial charge in [-0.2, -0.15) is 0 Å². The molecule has 1 saturated carbocycles. The van der Waals surface area contributed by atoms with Crippen LogP contribution < -0.4 is 0 Å². The number of piperidine rings is 1. The lowest BCUT2D eigenvalue weighted by molar-refractivity contribution is -0.148. The molecule has 3 nitrogen and oxygen atoms in total. The first kappa shape index (κ1) is 14.8. The number of ether oxygens (including phenoxy) is 1. The quantitative estimate of drug-likeness (QED) is 0.732. The van der Waals surface area contributed by atoms with Crippen LogP contribution in [-0.2, 0) is 9.53 Å². The zero-order valence-corrected chi connectivity index (χ0v) is 12.6. The van der Waals surface area contributed by atoms with Gasteiger partial charge in [0.1, 0.15) is 0 Å². The van der Waals surface area contributed by atoms with Crippen LogP contribution in [0.15, 0.2) is 0 Å². The summed E-state index contributed by atoms with van der Waals surface area (Å²) in [4.78, 5) is 14.1. The van der Waals surface area contributed by atoms with Gasteiger partial charge in [-0.3, -0.25) is 4.79 Å². The fourth-order valence-corrected chi connectivity index (χ4v) is 3.76. The molecular formula is C16H29NO2. The fraction of sp³-hybridized carbons (Fsp3) is 0.938. The Balaban J connectivity index is 1.75. The Morgan fingerprint density at radius 2 is 1.79 bits per heavy atom. The van der Waals surface area contributed by atoms with E-state index in [1.54, 1.807) is 0 Å². The van der Waals surface area contributed by atoms with Crippen molar-refractivity contribution in [1.29, 1.82) is 0 Å². The van der Waals surface area contributed by atoms with Gasteiger partial charge in [0.05, 0.1) is 12.5 Å². The predicted octanol–water partition coefficient (Wildman–Crippen LogP) is 3.23. The molecule has 3 heteroatoms. The minimum absolute atomic E-state index is 0.0142. The smallest absolute Gasteiger partial charge is 0.309 e. The van der Waals surface area contributed by atoms with Crippen molar-refractivity contribution in [1.82, 2.24) is 4.90 Å². The maximum Gasteiger partial charge on any atom is 0.309 e. The van der Waals surface area contributed by atoms with Crippen molar-refractivity contribution in [2.45, 2.75) is 58.8 Å². The minimum atomic E-state index is -0.0412. The lowest BCUT2D eigenvalue weighted by atomic mass is 9.68. The first-order chi connectivity index (χ1) is 9.15. The van der Waals surface area contributed by atoms with Crippen LogP contribution in [0.3, 0.4) is 0 Å². The molecule has 19 heavy (non-hydrogen) atoms. The maximum absolute atomic E-state index is 11.7. The average Bonchev–Trinajstić information content (AvgIpc) is 2.43. The van der Waals surface area contributed by atoms with Gasteiger partial charge in [0.25, 0.3) is 0 Å². The van der Waals surface area contributed by atoms with Crippen LogP contribution in [0.2, 0.25) is 0 Å². The van der Waals surface area contributed by atoms with E-state index in [9.17, 15) is 4.79 Å². The monoisotopic (exact) mass is 267 g/mol. The molecule has 0 amide bonds. The third kappa shape index (κ3) is 3.95. The van der Waals surface area contributed by atoms with Crippen molar-refractivity contribution in [2.24, 2.45) is 11.3 Å². The van der Waals surface area contributed by atoms with E-state index in [1.165, 1.54) is 58.0 Å². The molecule has 0 N–H and O–H groups in total. The number of likely N-dealkylation sites (tertiary alicyclic amines) is 1. The molecule has 1 aliphatic heterocycles. The minimum Gasteiger partial charge on any atom is -0.466 e. The molecular weight excluding hydrogens is 238 g/mol. The van der Waals surface area contributed by atoms with Crippen molar-refractivity contribution >= 4 is 5.97 Å². The second-order valence-corrected chi connectivity index (χ2v) is 6.51. The van der Waals surface area contributed by atoms with E-state index in [1.807, 2.05) is 13.8 Å². The zero-order chi connectivity index (χ0) is 13.7. The Morgan fingerprint density at radius 1 is 1.16 bits per heavy atom. The zero-order valence-electron chi connectivity index (χ0n) is 12.6. The van der Waals surface area contributed by atoms with Gasteiger partial charge in [0.2, 0.25) is 0 Å². The molecule has 1 heterocycles. The molecule has 1 saturated heterocycles. The second kappa shape index (κ2) is 6.74. The summed E-state index contributed by atoms with van der Waals surface area (Å²) < 4.78 is 5.09. The molecule has 0 aromatic heterocycles. The normalized spacial score (nSPS) is 25.2. The second-order valence-electron chi connectivity index (χ2n) is 6.51. The predicted molar refractivity (Wildman–Crippen MR) is 77.0 cm³/mol. The number of carbonyl (C=O) groups excluding carboxylic acids is 1. The lowest BCUT2D eigenvalue weighted by Gasteiger charge is -2.44. The fourth-order valence-electron chi connectivity index (χ4n) is 3.76. The van der Waals surface area contributed by atoms with E-state index in [0.717, 1.165) is 6.54 Å². The summed E-state index contributed by atoms with van der Waals surface area (Å²) in [5, 5.41) is 0. The highest BCUT2D eigenvalue weighted by atomic mass is 16.5. The summed E-state index contributed by atoms with van der Waals surface area (Å²) in [6, 6.07) is 0. The van der Waals surface area contributed by atoms with Gasteiger partial charge >= 0.3 is 5.97 Å². The van der Waals surface area contributed by atoms with Gasteiger partial charge in [-0.1, -0.05) is 26.2 Å². The molecule has 110 valence electrons. The number of rotatable bonds is 4. The molecule has 0 aromatic carbocycles. The number of carbonyl (C=O) groups is 1. The van der Waals surface area contributed by atoms with Crippen molar-refractivity contribution in [3.05, 3.63) is 0 Å². The topological polar surface area (TPSA) is 29.5 Å². The van der Waals surface area contributed by atoms with E-state index in [0.29, 0.717) is 12.0 Å². The van der Waals surface area contributed by atoms with Crippen LogP contribution >= 0.6 is 0 Å². The van der Waals surface area contributed by atoms with Gasteiger partial charge in [-0.05, 0) is 51.1 Å². The molecule has 1 spiro atoms. The Labute approximate surface area is 117 Å². The molecule has 0 aromatic rings. The van der Waals surface area contributed by atoms with E-state index in [2.05, 4.69) is 4.90 Å². The van der Waals surface area contributed by atoms with Crippen LogP contribution in [-0.4, -0.2) is 37.1 Å². The van der Waals surface area contributed by atoms with Gasteiger partial charge < -0.3 is 9.64 Å². The number of esters is 1. The van der Waals surface area contributed by atoms with Crippen LogP contribution in [0.5, 0.6) is 0 Å². The average molecular weight is 267 g/mol. The number of hydrogen-bond donors (Lipinski definition) is 0. The van der Waals surface area contributed by atoms with Crippen molar-refractivity contribution in [3.8, 4) is 0 Å². The van der Waals surface area contributed by atoms with Crippen LogP contribution in [0, 0.1) is 11.3 Å². The van der Waals surface area contributed by atoms with Gasteiger partial charge in [0, 0.05) is 6.54 Å². The summed E-state index contributed by atoms with van der Waals surface area (Å²) in [6.07, 6.45) is 9.84. The summed E-state index contributed by atoms with van der Waals surface area (Å²) >= 11 is 0. The third-order valence-electron chi connectivity index (χ3n) is 5.05. The molecule has 0 radical (unpaired) electrons. The Bertz CT molecular complexity index is 287. The Hall–Kier alpha value is -0.570. The highest BCUT2D eigenvalue weighted by molar-refractivity contribution is 5.72. The maximum atomic E-state index is 11.7. The number of nitrogens with zero attached hydrogens (tertiary/aromatic N) is 1. The van der Waals surface area contributed by atoms with Crippen molar-refractivity contribution < 1.29 is 9.53 Å². The number of hydrogen-bond acceptors (Lipinski definition) is 3. The molecule has 0 bridgehead atoms. The third-order valence-corrected chi connectivity index (χ3v) is 5.05. The Kier molecular flexibility index (Phi) is 5.26. The Morgan fingerprint density at radius 3 is 2.37 bits per heavy atom. The van der Waals surface area contributed by atoms with Crippen LogP contribution in [0.1, 0.15) is 58.8 Å². The van der Waals surface area contributed by atoms with E-state index in [-0.39, 0.29) is 11.9 Å². The molecule has 2 fully saturated rings. The first-order valence-electron chi connectivity index (χ1n) is 8.04. The van der Waals surface area contributed by atoms with Gasteiger partial charge in [-0.25, -0.2) is 0 Å². The standard InChI is InChI=1S/C16H29NO2/c1-3-19-15(18)14(2)13-17-11-9-16(10-12-17)7-5-4-6-8-16/h14H,3-13H2,1-2H3. The molecule has 1 atom stereocenters. The summed E-state index contributed by atoms with van der Waals surface area (Å²) in [7, 11) is 0. The van der Waals surface area contributed by atoms with E-state index >= 15 is 0 Å². The summed E-state index contributed by atoms with van der Waals surface area (Å²) in [5.41, 5.74) is 0.655. The molecule has 2 aliphatic rings. The van der Waals surface area contributed by atoms with Gasteiger partial charge in [-0.15, -0.1) is 0 Å². The SMILES string of the molecule is CCOC(=O)C(C)CN1CCC2(CCCCC2)CC1.